The van der Waals surface area contributed by atoms with Gasteiger partial charge in [0.1, 0.15) is 6.04 Å². The summed E-state index contributed by atoms with van der Waals surface area (Å²) in [5.41, 5.74) is 6.93. The van der Waals surface area contributed by atoms with Crippen LogP contribution in [-0.2, 0) is 16.0 Å². The van der Waals surface area contributed by atoms with Gasteiger partial charge in [-0.25, -0.2) is 4.79 Å². The van der Waals surface area contributed by atoms with Crippen molar-refractivity contribution in [3.63, 3.8) is 0 Å². The van der Waals surface area contributed by atoms with Crippen LogP contribution in [0, 0.1) is 0 Å². The van der Waals surface area contributed by atoms with Gasteiger partial charge >= 0.3 is 5.97 Å². The van der Waals surface area contributed by atoms with E-state index in [1.54, 1.807) is 0 Å². The van der Waals surface area contributed by atoms with E-state index >= 15 is 0 Å². The number of nitrogens with zero attached hydrogens (tertiary/aromatic N) is 1. The first-order chi connectivity index (χ1) is 8.93. The molecule has 0 bridgehead atoms. The average molecular weight is 264 g/mol. The van der Waals surface area contributed by atoms with Gasteiger partial charge in [0.05, 0.1) is 6.04 Å². The Morgan fingerprint density at radius 1 is 1.32 bits per heavy atom. The van der Waals surface area contributed by atoms with Gasteiger partial charge in [0.2, 0.25) is 5.91 Å². The minimum atomic E-state index is -1.04. The molecule has 0 spiro atoms. The van der Waals surface area contributed by atoms with E-state index in [-0.39, 0.29) is 5.91 Å². The van der Waals surface area contributed by atoms with Gasteiger partial charge in [0.15, 0.2) is 0 Å². The van der Waals surface area contributed by atoms with Crippen LogP contribution in [0.2, 0.25) is 0 Å². The van der Waals surface area contributed by atoms with E-state index in [0.717, 1.165) is 5.56 Å². The second kappa shape index (κ2) is 6.89. The third kappa shape index (κ3) is 4.37. The zero-order valence-electron chi connectivity index (χ0n) is 11.2. The molecule has 5 nitrogen and oxygen atoms in total. The standard InChI is InChI=1S/C14H20N2O3/c1-10(14(18)19)16(2)13(17)12(15)9-8-11-6-4-3-5-7-11/h3-7,10,12H,8-9,15H2,1-2H3,(H,18,19)/t10?,12-/m0/s1. The summed E-state index contributed by atoms with van der Waals surface area (Å²) in [6.07, 6.45) is 1.20. The molecule has 5 heteroatoms. The molecule has 0 fully saturated rings. The van der Waals surface area contributed by atoms with E-state index in [1.807, 2.05) is 30.3 Å². The highest BCUT2D eigenvalue weighted by molar-refractivity contribution is 5.86. The molecule has 104 valence electrons. The number of rotatable bonds is 6. The molecule has 1 aromatic rings. The van der Waals surface area contributed by atoms with Crippen molar-refractivity contribution in [2.24, 2.45) is 5.73 Å². The molecule has 0 saturated carbocycles. The third-order valence-electron chi connectivity index (χ3n) is 3.19. The highest BCUT2D eigenvalue weighted by Gasteiger charge is 2.25. The molecular formula is C14H20N2O3. The second-order valence-electron chi connectivity index (χ2n) is 4.59. The Morgan fingerprint density at radius 3 is 2.42 bits per heavy atom. The number of aliphatic carboxylic acids is 1. The average Bonchev–Trinajstić information content (AvgIpc) is 2.43. The quantitative estimate of drug-likeness (QED) is 0.799. The molecule has 0 aromatic heterocycles. The van der Waals surface area contributed by atoms with Crippen molar-refractivity contribution in [1.82, 2.24) is 4.90 Å². The van der Waals surface area contributed by atoms with E-state index in [9.17, 15) is 9.59 Å². The Kier molecular flexibility index (Phi) is 5.51. The maximum absolute atomic E-state index is 11.9. The van der Waals surface area contributed by atoms with Crippen molar-refractivity contribution in [2.45, 2.75) is 31.8 Å². The summed E-state index contributed by atoms with van der Waals surface area (Å²) in [5, 5.41) is 8.86. The maximum Gasteiger partial charge on any atom is 0.326 e. The van der Waals surface area contributed by atoms with Gasteiger partial charge in [-0.15, -0.1) is 0 Å². The lowest BCUT2D eigenvalue weighted by Gasteiger charge is -2.24. The molecule has 0 aliphatic carbocycles. The van der Waals surface area contributed by atoms with Gasteiger partial charge in [0.25, 0.3) is 0 Å². The molecule has 0 radical (unpaired) electrons. The summed E-state index contributed by atoms with van der Waals surface area (Å²) >= 11 is 0. The number of hydrogen-bond donors (Lipinski definition) is 2. The first-order valence-corrected chi connectivity index (χ1v) is 6.22. The molecule has 0 heterocycles. The SMILES string of the molecule is CC(C(=O)O)N(C)C(=O)[C@@H](N)CCc1ccccc1. The number of carbonyl (C=O) groups excluding carboxylic acids is 1. The van der Waals surface area contributed by atoms with E-state index < -0.39 is 18.1 Å². The van der Waals surface area contributed by atoms with Crippen LogP contribution >= 0.6 is 0 Å². The Labute approximate surface area is 113 Å². The Hall–Kier alpha value is -1.88. The predicted octanol–water partition coefficient (Wildman–Crippen LogP) is 0.878. The summed E-state index contributed by atoms with van der Waals surface area (Å²) in [5.74, 6) is -1.38. The minimum Gasteiger partial charge on any atom is -0.480 e. The minimum absolute atomic E-state index is 0.342. The largest absolute Gasteiger partial charge is 0.480 e. The van der Waals surface area contributed by atoms with Gasteiger partial charge in [-0.3, -0.25) is 4.79 Å². The number of amides is 1. The third-order valence-corrected chi connectivity index (χ3v) is 3.19. The predicted molar refractivity (Wildman–Crippen MR) is 72.6 cm³/mol. The van der Waals surface area contributed by atoms with Crippen LogP contribution in [0.15, 0.2) is 30.3 Å². The van der Waals surface area contributed by atoms with Crippen molar-refractivity contribution in [2.75, 3.05) is 7.05 Å². The van der Waals surface area contributed by atoms with Crippen LogP contribution in [0.4, 0.5) is 0 Å². The zero-order valence-corrected chi connectivity index (χ0v) is 11.2. The van der Waals surface area contributed by atoms with E-state index in [1.165, 1.54) is 18.9 Å². The highest BCUT2D eigenvalue weighted by atomic mass is 16.4. The molecule has 0 saturated heterocycles. The van der Waals surface area contributed by atoms with Crippen LogP contribution < -0.4 is 5.73 Å². The lowest BCUT2D eigenvalue weighted by atomic mass is 10.0. The molecule has 1 rings (SSSR count). The fourth-order valence-corrected chi connectivity index (χ4v) is 1.71. The number of benzene rings is 1. The molecule has 1 unspecified atom stereocenters. The zero-order chi connectivity index (χ0) is 14.4. The first kappa shape index (κ1) is 15.2. The number of carboxylic acid groups (broad SMARTS) is 1. The van der Waals surface area contributed by atoms with Gasteiger partial charge in [0, 0.05) is 7.05 Å². The summed E-state index contributed by atoms with van der Waals surface area (Å²) in [7, 11) is 1.46. The summed E-state index contributed by atoms with van der Waals surface area (Å²) in [6.45, 7) is 1.46. The maximum atomic E-state index is 11.9. The number of carboxylic acids is 1. The first-order valence-electron chi connectivity index (χ1n) is 6.22. The fraction of sp³-hybridized carbons (Fsp3) is 0.429. The second-order valence-corrected chi connectivity index (χ2v) is 4.59. The molecular weight excluding hydrogens is 244 g/mol. The van der Waals surface area contributed by atoms with Crippen LogP contribution in [0.5, 0.6) is 0 Å². The number of hydrogen-bond acceptors (Lipinski definition) is 3. The van der Waals surface area contributed by atoms with Gasteiger partial charge < -0.3 is 15.7 Å². The Bertz CT molecular complexity index is 434. The van der Waals surface area contributed by atoms with Crippen LogP contribution in [0.25, 0.3) is 0 Å². The van der Waals surface area contributed by atoms with E-state index in [2.05, 4.69) is 0 Å². The van der Waals surface area contributed by atoms with Crippen molar-refractivity contribution in [3.8, 4) is 0 Å². The molecule has 0 aliphatic heterocycles. The molecule has 2 atom stereocenters. The number of likely N-dealkylation sites (N-methyl/N-ethyl adjacent to an activating group) is 1. The van der Waals surface area contributed by atoms with Gasteiger partial charge in [-0.1, -0.05) is 30.3 Å². The number of aryl methyl sites for hydroxylation is 1. The highest BCUT2D eigenvalue weighted by Crippen LogP contribution is 2.07. The van der Waals surface area contributed by atoms with Gasteiger partial charge in [-0.2, -0.15) is 0 Å². The lowest BCUT2D eigenvalue weighted by Crippen LogP contribution is -2.48. The monoisotopic (exact) mass is 264 g/mol. The summed E-state index contributed by atoms with van der Waals surface area (Å²) in [4.78, 5) is 23.9. The fourth-order valence-electron chi connectivity index (χ4n) is 1.71. The summed E-state index contributed by atoms with van der Waals surface area (Å²) in [6, 6.07) is 8.20. The molecule has 3 N–H and O–H groups in total. The van der Waals surface area contributed by atoms with Crippen molar-refractivity contribution < 1.29 is 14.7 Å². The topological polar surface area (TPSA) is 83.6 Å². The van der Waals surface area contributed by atoms with Crippen molar-refractivity contribution in [1.29, 1.82) is 0 Å². The smallest absolute Gasteiger partial charge is 0.326 e. The number of nitrogens with two attached hydrogens (primary N) is 1. The Morgan fingerprint density at radius 2 is 1.89 bits per heavy atom. The number of carbonyl (C=O) groups is 2. The van der Waals surface area contributed by atoms with E-state index in [0.29, 0.717) is 12.8 Å². The van der Waals surface area contributed by atoms with Crippen molar-refractivity contribution in [3.05, 3.63) is 35.9 Å². The van der Waals surface area contributed by atoms with Crippen molar-refractivity contribution >= 4 is 11.9 Å². The molecule has 1 amide bonds. The molecule has 0 aliphatic rings. The van der Waals surface area contributed by atoms with Crippen LogP contribution in [0.1, 0.15) is 18.9 Å². The normalized spacial score (nSPS) is 13.6. The lowest BCUT2D eigenvalue weighted by molar-refractivity contribution is -0.148. The van der Waals surface area contributed by atoms with Crippen LogP contribution in [0.3, 0.4) is 0 Å². The summed E-state index contributed by atoms with van der Waals surface area (Å²) < 4.78 is 0. The van der Waals surface area contributed by atoms with E-state index in [4.69, 9.17) is 10.8 Å². The Balaban J connectivity index is 2.51. The molecule has 19 heavy (non-hydrogen) atoms. The van der Waals surface area contributed by atoms with Gasteiger partial charge in [-0.05, 0) is 25.3 Å². The molecule has 1 aromatic carbocycles. The van der Waals surface area contributed by atoms with Crippen LogP contribution in [-0.4, -0.2) is 41.0 Å².